The molecule has 218 valence electrons. The molecule has 0 aliphatic heterocycles. The molecule has 1 unspecified atom stereocenters. The Morgan fingerprint density at radius 3 is 2.17 bits per heavy atom. The van der Waals surface area contributed by atoms with E-state index in [4.69, 9.17) is 0 Å². The molecule has 41 heavy (non-hydrogen) atoms. The number of rotatable bonds is 11. The summed E-state index contributed by atoms with van der Waals surface area (Å²) in [6, 6.07) is 22.1. The van der Waals surface area contributed by atoms with Gasteiger partial charge in [-0.15, -0.1) is 0 Å². The summed E-state index contributed by atoms with van der Waals surface area (Å²) in [6.07, 6.45) is 5.59. The maximum atomic E-state index is 14.2. The van der Waals surface area contributed by atoms with Crippen molar-refractivity contribution in [1.82, 2.24) is 10.2 Å². The van der Waals surface area contributed by atoms with Gasteiger partial charge in [0.05, 0.1) is 10.6 Å². The van der Waals surface area contributed by atoms with Crippen LogP contribution in [0, 0.1) is 6.92 Å². The van der Waals surface area contributed by atoms with Crippen LogP contribution < -0.4 is 9.62 Å². The van der Waals surface area contributed by atoms with Gasteiger partial charge in [0, 0.05) is 17.1 Å². The lowest BCUT2D eigenvalue weighted by molar-refractivity contribution is -0.140. The summed E-state index contributed by atoms with van der Waals surface area (Å²) in [4.78, 5) is 29.4. The van der Waals surface area contributed by atoms with E-state index >= 15 is 0 Å². The first-order valence-electron chi connectivity index (χ1n) is 14.2. The molecule has 1 atom stereocenters. The van der Waals surface area contributed by atoms with E-state index in [2.05, 4.69) is 21.2 Å². The minimum Gasteiger partial charge on any atom is -0.352 e. The van der Waals surface area contributed by atoms with Gasteiger partial charge in [-0.3, -0.25) is 13.9 Å². The first-order chi connectivity index (χ1) is 19.7. The van der Waals surface area contributed by atoms with Crippen LogP contribution in [0.3, 0.4) is 0 Å². The number of benzene rings is 3. The maximum absolute atomic E-state index is 14.2. The second-order valence-electron chi connectivity index (χ2n) is 10.6. The number of hydrogen-bond acceptors (Lipinski definition) is 4. The summed E-state index contributed by atoms with van der Waals surface area (Å²) in [5.74, 6) is -0.639. The number of nitrogens with zero attached hydrogens (tertiary/aromatic N) is 2. The number of aryl methyl sites for hydroxylation is 1. The van der Waals surface area contributed by atoms with Crippen molar-refractivity contribution in [1.29, 1.82) is 0 Å². The fourth-order valence-electron chi connectivity index (χ4n) is 5.21. The van der Waals surface area contributed by atoms with Gasteiger partial charge >= 0.3 is 0 Å². The fraction of sp³-hybridized carbons (Fsp3) is 0.375. The number of hydrogen-bond donors (Lipinski definition) is 1. The standard InChI is InChI=1S/C32H38BrN3O4S/c1-3-30(32(38)34-27-10-6-4-7-11-27)35(22-25-16-14-24(2)15-17-25)31(37)23-36(28-20-18-26(33)19-21-28)41(39,40)29-12-8-5-9-13-29/h5,8-9,12-21,27,30H,3-4,6-7,10-11,22-23H2,1-2H3,(H,34,38). The van der Waals surface area contributed by atoms with Crippen LogP contribution in [0.2, 0.25) is 0 Å². The normalized spacial score (nSPS) is 14.7. The van der Waals surface area contributed by atoms with Crippen LogP contribution in [0.5, 0.6) is 0 Å². The molecule has 4 rings (SSSR count). The summed E-state index contributed by atoms with van der Waals surface area (Å²) in [6.45, 7) is 3.62. The SMILES string of the molecule is CCC(C(=O)NC1CCCCC1)N(Cc1ccc(C)cc1)C(=O)CN(c1ccc(Br)cc1)S(=O)(=O)c1ccccc1. The van der Waals surface area contributed by atoms with Gasteiger partial charge in [0.25, 0.3) is 10.0 Å². The Balaban J connectivity index is 1.68. The molecule has 1 saturated carbocycles. The van der Waals surface area contributed by atoms with E-state index < -0.39 is 28.5 Å². The van der Waals surface area contributed by atoms with Crippen molar-refractivity contribution in [3.63, 3.8) is 0 Å². The van der Waals surface area contributed by atoms with Crippen molar-refractivity contribution in [2.75, 3.05) is 10.8 Å². The lowest BCUT2D eigenvalue weighted by Crippen LogP contribution is -2.54. The Morgan fingerprint density at radius 1 is 0.927 bits per heavy atom. The zero-order valence-corrected chi connectivity index (χ0v) is 26.0. The average molecular weight is 641 g/mol. The molecule has 0 spiro atoms. The van der Waals surface area contributed by atoms with Crippen LogP contribution in [0.25, 0.3) is 0 Å². The van der Waals surface area contributed by atoms with E-state index in [0.29, 0.717) is 12.1 Å². The van der Waals surface area contributed by atoms with E-state index in [1.54, 1.807) is 42.5 Å². The van der Waals surface area contributed by atoms with Crippen molar-refractivity contribution in [2.45, 2.75) is 75.9 Å². The van der Waals surface area contributed by atoms with E-state index in [0.717, 1.165) is 45.6 Å². The van der Waals surface area contributed by atoms with Gasteiger partial charge in [0.2, 0.25) is 11.8 Å². The molecule has 9 heteroatoms. The summed E-state index contributed by atoms with van der Waals surface area (Å²) < 4.78 is 29.7. The number of carbonyl (C=O) groups is 2. The summed E-state index contributed by atoms with van der Waals surface area (Å²) in [5, 5.41) is 3.18. The Bertz CT molecular complexity index is 1410. The second kappa shape index (κ2) is 14.1. The highest BCUT2D eigenvalue weighted by Gasteiger charge is 2.34. The molecule has 0 heterocycles. The van der Waals surface area contributed by atoms with Crippen LogP contribution in [0.15, 0.2) is 88.2 Å². The quantitative estimate of drug-likeness (QED) is 0.270. The van der Waals surface area contributed by atoms with Crippen molar-refractivity contribution < 1.29 is 18.0 Å². The molecule has 3 aromatic rings. The number of nitrogens with one attached hydrogen (secondary N) is 1. The molecule has 0 saturated heterocycles. The highest BCUT2D eigenvalue weighted by atomic mass is 79.9. The molecule has 0 radical (unpaired) electrons. The smallest absolute Gasteiger partial charge is 0.264 e. The Kier molecular flexibility index (Phi) is 10.6. The first kappa shape index (κ1) is 30.8. The van der Waals surface area contributed by atoms with Gasteiger partial charge in [-0.2, -0.15) is 0 Å². The van der Waals surface area contributed by atoms with Crippen LogP contribution in [-0.4, -0.2) is 43.8 Å². The molecule has 1 N–H and O–H groups in total. The zero-order valence-electron chi connectivity index (χ0n) is 23.6. The lowest BCUT2D eigenvalue weighted by atomic mass is 9.95. The summed E-state index contributed by atoms with van der Waals surface area (Å²) >= 11 is 3.40. The third-order valence-corrected chi connectivity index (χ3v) is 9.85. The molecular weight excluding hydrogens is 602 g/mol. The Hall–Kier alpha value is -3.17. The summed E-state index contributed by atoms with van der Waals surface area (Å²) in [5.41, 5.74) is 2.32. The second-order valence-corrected chi connectivity index (χ2v) is 13.4. The number of amides is 2. The molecule has 7 nitrogen and oxygen atoms in total. The maximum Gasteiger partial charge on any atom is 0.264 e. The largest absolute Gasteiger partial charge is 0.352 e. The van der Waals surface area contributed by atoms with Crippen LogP contribution in [0.1, 0.15) is 56.6 Å². The van der Waals surface area contributed by atoms with E-state index in [1.807, 2.05) is 38.1 Å². The van der Waals surface area contributed by atoms with Gasteiger partial charge in [-0.25, -0.2) is 8.42 Å². The molecule has 1 fully saturated rings. The van der Waals surface area contributed by atoms with E-state index in [-0.39, 0.29) is 23.4 Å². The van der Waals surface area contributed by atoms with Crippen molar-refractivity contribution in [3.05, 3.63) is 94.5 Å². The van der Waals surface area contributed by atoms with Crippen molar-refractivity contribution >= 4 is 43.5 Å². The minimum absolute atomic E-state index is 0.0860. The van der Waals surface area contributed by atoms with Crippen LogP contribution in [0.4, 0.5) is 5.69 Å². The molecular formula is C32H38BrN3O4S. The Morgan fingerprint density at radius 2 is 1.56 bits per heavy atom. The highest BCUT2D eigenvalue weighted by Crippen LogP contribution is 2.26. The van der Waals surface area contributed by atoms with Gasteiger partial charge in [-0.05, 0) is 68.1 Å². The van der Waals surface area contributed by atoms with Gasteiger partial charge < -0.3 is 10.2 Å². The molecule has 2 amide bonds. The van der Waals surface area contributed by atoms with Gasteiger partial charge in [-0.1, -0.05) is 90.1 Å². The van der Waals surface area contributed by atoms with Crippen molar-refractivity contribution in [3.8, 4) is 0 Å². The molecule has 1 aliphatic carbocycles. The molecule has 0 bridgehead atoms. The van der Waals surface area contributed by atoms with Crippen LogP contribution >= 0.6 is 15.9 Å². The lowest BCUT2D eigenvalue weighted by Gasteiger charge is -2.34. The predicted molar refractivity (Wildman–Crippen MR) is 166 cm³/mol. The van der Waals surface area contributed by atoms with Crippen molar-refractivity contribution in [2.24, 2.45) is 0 Å². The summed E-state index contributed by atoms with van der Waals surface area (Å²) in [7, 11) is -4.08. The van der Waals surface area contributed by atoms with Gasteiger partial charge in [0.15, 0.2) is 0 Å². The topological polar surface area (TPSA) is 86.8 Å². The predicted octanol–water partition coefficient (Wildman–Crippen LogP) is 6.21. The molecule has 0 aromatic heterocycles. The number of halogens is 1. The number of anilines is 1. The van der Waals surface area contributed by atoms with E-state index in [1.165, 1.54) is 23.5 Å². The monoisotopic (exact) mass is 639 g/mol. The zero-order chi connectivity index (χ0) is 29.4. The van der Waals surface area contributed by atoms with Gasteiger partial charge in [0.1, 0.15) is 12.6 Å². The molecule has 3 aromatic carbocycles. The first-order valence-corrected chi connectivity index (χ1v) is 16.4. The third kappa shape index (κ3) is 7.98. The van der Waals surface area contributed by atoms with Crippen LogP contribution in [-0.2, 0) is 26.2 Å². The Labute approximate surface area is 252 Å². The fourth-order valence-corrected chi connectivity index (χ4v) is 6.91. The number of carbonyl (C=O) groups excluding carboxylic acids is 2. The third-order valence-electron chi connectivity index (χ3n) is 7.54. The highest BCUT2D eigenvalue weighted by molar-refractivity contribution is 9.10. The minimum atomic E-state index is -4.08. The number of sulfonamides is 1. The molecule has 1 aliphatic rings. The van der Waals surface area contributed by atoms with E-state index in [9.17, 15) is 18.0 Å². The average Bonchev–Trinajstić information content (AvgIpc) is 2.98.